The van der Waals surface area contributed by atoms with E-state index in [9.17, 15) is 14.4 Å². The number of ether oxygens (including phenoxy) is 2. The van der Waals surface area contributed by atoms with Gasteiger partial charge >= 0.3 is 5.97 Å². The van der Waals surface area contributed by atoms with Gasteiger partial charge in [0.15, 0.2) is 6.61 Å². The molecule has 0 bridgehead atoms. The van der Waals surface area contributed by atoms with Crippen LogP contribution in [0.5, 0.6) is 5.75 Å². The van der Waals surface area contributed by atoms with E-state index < -0.39 is 11.9 Å². The molecule has 1 aliphatic carbocycles. The SMILES string of the molecule is CCOc1ccc(C(=O)NCC(=O)OCC(=O)N[C@@H]2CCC[C@@H](C)[C@@H]2C)cc1. The van der Waals surface area contributed by atoms with Gasteiger partial charge in [0, 0.05) is 11.6 Å². The second-order valence-corrected chi connectivity index (χ2v) is 7.24. The zero-order valence-corrected chi connectivity index (χ0v) is 16.8. The number of rotatable bonds is 8. The van der Waals surface area contributed by atoms with Crippen LogP contribution in [-0.4, -0.2) is 43.6 Å². The first-order valence-electron chi connectivity index (χ1n) is 9.86. The Bertz CT molecular complexity index is 674. The predicted molar refractivity (Wildman–Crippen MR) is 105 cm³/mol. The molecule has 1 fully saturated rings. The Morgan fingerprint density at radius 1 is 1.11 bits per heavy atom. The van der Waals surface area contributed by atoms with Crippen LogP contribution in [0.3, 0.4) is 0 Å². The molecule has 3 atom stereocenters. The van der Waals surface area contributed by atoms with E-state index in [-0.39, 0.29) is 25.1 Å². The van der Waals surface area contributed by atoms with Crippen LogP contribution >= 0.6 is 0 Å². The molecule has 0 unspecified atom stereocenters. The summed E-state index contributed by atoms with van der Waals surface area (Å²) in [5.74, 6) is 0.290. The van der Waals surface area contributed by atoms with Crippen molar-refractivity contribution in [1.29, 1.82) is 0 Å². The minimum Gasteiger partial charge on any atom is -0.494 e. The molecule has 7 nitrogen and oxygen atoms in total. The summed E-state index contributed by atoms with van der Waals surface area (Å²) >= 11 is 0. The summed E-state index contributed by atoms with van der Waals surface area (Å²) in [7, 11) is 0. The van der Waals surface area contributed by atoms with Gasteiger partial charge in [-0.3, -0.25) is 14.4 Å². The van der Waals surface area contributed by atoms with Crippen molar-refractivity contribution in [1.82, 2.24) is 10.6 Å². The molecule has 2 rings (SSSR count). The first-order valence-corrected chi connectivity index (χ1v) is 9.86. The lowest BCUT2D eigenvalue weighted by atomic mass is 9.78. The summed E-state index contributed by atoms with van der Waals surface area (Å²) < 4.78 is 10.3. The summed E-state index contributed by atoms with van der Waals surface area (Å²) in [6.45, 7) is 6.12. The van der Waals surface area contributed by atoms with Crippen LogP contribution < -0.4 is 15.4 Å². The number of carbonyl (C=O) groups excluding carboxylic acids is 3. The standard InChI is InChI=1S/C21H30N2O5/c1-4-27-17-10-8-16(9-11-17)21(26)22-12-20(25)28-13-19(24)23-18-7-5-6-14(2)15(18)3/h8-11,14-15,18H,4-7,12-13H2,1-3H3,(H,22,26)(H,23,24)/t14-,15+,18-/m1/s1. The molecular weight excluding hydrogens is 360 g/mol. The van der Waals surface area contributed by atoms with Gasteiger partial charge in [0.1, 0.15) is 12.3 Å². The zero-order valence-electron chi connectivity index (χ0n) is 16.8. The topological polar surface area (TPSA) is 93.7 Å². The van der Waals surface area contributed by atoms with E-state index in [1.54, 1.807) is 24.3 Å². The van der Waals surface area contributed by atoms with Crippen LogP contribution in [0.25, 0.3) is 0 Å². The molecule has 1 aromatic carbocycles. The van der Waals surface area contributed by atoms with E-state index >= 15 is 0 Å². The van der Waals surface area contributed by atoms with Crippen molar-refractivity contribution < 1.29 is 23.9 Å². The van der Waals surface area contributed by atoms with Crippen molar-refractivity contribution in [3.8, 4) is 5.75 Å². The van der Waals surface area contributed by atoms with E-state index in [0.717, 1.165) is 12.8 Å². The van der Waals surface area contributed by atoms with Crippen molar-refractivity contribution in [2.45, 2.75) is 46.1 Å². The van der Waals surface area contributed by atoms with Gasteiger partial charge < -0.3 is 20.1 Å². The van der Waals surface area contributed by atoms with Gasteiger partial charge in [-0.2, -0.15) is 0 Å². The van der Waals surface area contributed by atoms with E-state index in [0.29, 0.717) is 29.8 Å². The van der Waals surface area contributed by atoms with Crippen LogP contribution in [-0.2, 0) is 14.3 Å². The highest BCUT2D eigenvalue weighted by molar-refractivity contribution is 5.96. The zero-order chi connectivity index (χ0) is 20.5. The molecule has 28 heavy (non-hydrogen) atoms. The summed E-state index contributed by atoms with van der Waals surface area (Å²) in [5, 5.41) is 5.43. The molecule has 0 aliphatic heterocycles. The second-order valence-electron chi connectivity index (χ2n) is 7.24. The lowest BCUT2D eigenvalue weighted by Crippen LogP contribution is -2.45. The normalized spacial score (nSPS) is 21.5. The Morgan fingerprint density at radius 3 is 2.50 bits per heavy atom. The minimum absolute atomic E-state index is 0.120. The van der Waals surface area contributed by atoms with Gasteiger partial charge in [0.05, 0.1) is 6.61 Å². The number of amides is 2. The smallest absolute Gasteiger partial charge is 0.325 e. The third kappa shape index (κ3) is 6.55. The van der Waals surface area contributed by atoms with Gasteiger partial charge in [-0.25, -0.2) is 0 Å². The number of nitrogens with one attached hydrogen (secondary N) is 2. The van der Waals surface area contributed by atoms with Gasteiger partial charge in [0.25, 0.3) is 11.8 Å². The van der Waals surface area contributed by atoms with Crippen LogP contribution in [0.2, 0.25) is 0 Å². The third-order valence-corrected chi connectivity index (χ3v) is 5.24. The minimum atomic E-state index is -0.653. The maximum Gasteiger partial charge on any atom is 0.325 e. The summed E-state index contributed by atoms with van der Waals surface area (Å²) in [5.41, 5.74) is 0.411. The highest BCUT2D eigenvalue weighted by atomic mass is 16.5. The van der Waals surface area contributed by atoms with Crippen molar-refractivity contribution in [2.24, 2.45) is 11.8 Å². The quantitative estimate of drug-likeness (QED) is 0.665. The van der Waals surface area contributed by atoms with Crippen LogP contribution in [0.4, 0.5) is 0 Å². The van der Waals surface area contributed by atoms with Crippen molar-refractivity contribution in [3.63, 3.8) is 0 Å². The van der Waals surface area contributed by atoms with E-state index in [4.69, 9.17) is 9.47 Å². The average Bonchev–Trinajstić information content (AvgIpc) is 2.69. The van der Waals surface area contributed by atoms with Crippen LogP contribution in [0.15, 0.2) is 24.3 Å². The fourth-order valence-electron chi connectivity index (χ4n) is 3.35. The van der Waals surface area contributed by atoms with Crippen molar-refractivity contribution in [3.05, 3.63) is 29.8 Å². The van der Waals surface area contributed by atoms with Gasteiger partial charge in [-0.1, -0.05) is 26.7 Å². The molecular formula is C21H30N2O5. The molecule has 7 heteroatoms. The van der Waals surface area contributed by atoms with Gasteiger partial charge in [-0.15, -0.1) is 0 Å². The maximum atomic E-state index is 12.0. The molecule has 2 N–H and O–H groups in total. The summed E-state index contributed by atoms with van der Waals surface area (Å²) in [4.78, 5) is 35.9. The number of hydrogen-bond acceptors (Lipinski definition) is 5. The largest absolute Gasteiger partial charge is 0.494 e. The molecule has 0 radical (unpaired) electrons. The molecule has 0 spiro atoms. The Morgan fingerprint density at radius 2 is 1.82 bits per heavy atom. The molecule has 154 valence electrons. The Labute approximate surface area is 166 Å². The van der Waals surface area contributed by atoms with Crippen molar-refractivity contribution >= 4 is 17.8 Å². The average molecular weight is 390 g/mol. The Kier molecular flexibility index (Phi) is 8.29. The number of benzene rings is 1. The Balaban J connectivity index is 1.69. The Hall–Kier alpha value is -2.57. The lowest BCUT2D eigenvalue weighted by Gasteiger charge is -2.34. The monoisotopic (exact) mass is 390 g/mol. The van der Waals surface area contributed by atoms with E-state index in [2.05, 4.69) is 24.5 Å². The summed E-state index contributed by atoms with van der Waals surface area (Å²) in [6.07, 6.45) is 3.22. The lowest BCUT2D eigenvalue weighted by molar-refractivity contribution is -0.147. The van der Waals surface area contributed by atoms with Gasteiger partial charge in [0.2, 0.25) is 0 Å². The third-order valence-electron chi connectivity index (χ3n) is 5.24. The maximum absolute atomic E-state index is 12.0. The molecule has 0 aromatic heterocycles. The second kappa shape index (κ2) is 10.7. The van der Waals surface area contributed by atoms with E-state index in [1.165, 1.54) is 6.42 Å². The fourth-order valence-corrected chi connectivity index (χ4v) is 3.35. The first-order chi connectivity index (χ1) is 13.4. The molecule has 1 aromatic rings. The van der Waals surface area contributed by atoms with Crippen molar-refractivity contribution in [2.75, 3.05) is 19.8 Å². The van der Waals surface area contributed by atoms with Crippen LogP contribution in [0, 0.1) is 11.8 Å². The molecule has 0 heterocycles. The predicted octanol–water partition coefficient (Wildman–Crippen LogP) is 2.30. The highest BCUT2D eigenvalue weighted by Crippen LogP contribution is 2.29. The van der Waals surface area contributed by atoms with E-state index in [1.807, 2.05) is 6.92 Å². The molecule has 1 aliphatic rings. The molecule has 2 amide bonds. The summed E-state index contributed by atoms with van der Waals surface area (Å²) in [6, 6.07) is 6.73. The fraction of sp³-hybridized carbons (Fsp3) is 0.571. The number of esters is 1. The number of hydrogen-bond donors (Lipinski definition) is 2. The van der Waals surface area contributed by atoms with Gasteiger partial charge in [-0.05, 0) is 49.4 Å². The molecule has 0 saturated heterocycles. The highest BCUT2D eigenvalue weighted by Gasteiger charge is 2.28. The number of carbonyl (C=O) groups is 3. The van der Waals surface area contributed by atoms with Crippen LogP contribution in [0.1, 0.15) is 50.4 Å². The first kappa shape index (κ1) is 21.7. The molecule has 1 saturated carbocycles.